The van der Waals surface area contributed by atoms with E-state index in [9.17, 15) is 23.4 Å². The molecule has 7 aliphatic rings. The van der Waals surface area contributed by atoms with Crippen molar-refractivity contribution in [1.29, 1.82) is 4.78 Å². The van der Waals surface area contributed by atoms with Crippen LogP contribution in [-0.2, 0) is 36.9 Å². The fourth-order valence-electron chi connectivity index (χ4n) is 11.2. The smallest absolute Gasteiger partial charge is 0.329 e. The van der Waals surface area contributed by atoms with Crippen molar-refractivity contribution in [2.45, 2.75) is 101 Å². The normalized spacial score (nSPS) is 28.1. The van der Waals surface area contributed by atoms with E-state index >= 15 is 0 Å². The Labute approximate surface area is 351 Å². The molecular formula is C42H58N12O5S. The number of anilines is 3. The number of rotatable bonds is 9. The number of imide groups is 1. The van der Waals surface area contributed by atoms with E-state index in [4.69, 9.17) is 9.76 Å². The fraction of sp³-hybridized carbons (Fsp3) is 0.667. The maximum atomic E-state index is 14.1. The van der Waals surface area contributed by atoms with Crippen LogP contribution in [0.1, 0.15) is 89.2 Å². The Bertz CT molecular complexity index is 2370. The minimum Gasteiger partial charge on any atom is -0.370 e. The van der Waals surface area contributed by atoms with Gasteiger partial charge in [0.2, 0.25) is 23.7 Å². The van der Waals surface area contributed by atoms with Crippen LogP contribution in [0.3, 0.4) is 0 Å². The molecular weight excluding hydrogens is 785 g/mol. The van der Waals surface area contributed by atoms with Gasteiger partial charge in [-0.2, -0.15) is 4.98 Å². The summed E-state index contributed by atoms with van der Waals surface area (Å²) in [7, 11) is -1.34. The van der Waals surface area contributed by atoms with Crippen molar-refractivity contribution in [3.05, 3.63) is 40.4 Å². The Balaban J connectivity index is 0.705. The van der Waals surface area contributed by atoms with Crippen molar-refractivity contribution in [3.8, 4) is 0 Å². The Morgan fingerprint density at radius 3 is 2.33 bits per heavy atom. The predicted molar refractivity (Wildman–Crippen MR) is 228 cm³/mol. The first-order valence-corrected chi connectivity index (χ1v) is 23.7. The third kappa shape index (κ3) is 6.72. The molecule has 1 spiro atoms. The summed E-state index contributed by atoms with van der Waals surface area (Å²) in [5.74, 6) is 1.80. The molecule has 17 nitrogen and oxygen atoms in total. The molecule has 2 saturated carbocycles. The Kier molecular flexibility index (Phi) is 10.1. The molecule has 6 fully saturated rings. The number of benzene rings is 1. The summed E-state index contributed by atoms with van der Waals surface area (Å²) in [6.45, 7) is 8.77. The van der Waals surface area contributed by atoms with Gasteiger partial charge in [0.15, 0.2) is 10.1 Å². The number of aromatic nitrogens is 4. The lowest BCUT2D eigenvalue weighted by atomic mass is 9.95. The second-order valence-electron chi connectivity index (χ2n) is 18.5. The van der Waals surface area contributed by atoms with E-state index in [1.165, 1.54) is 0 Å². The minimum atomic E-state index is -3.09. The molecule has 3 aromatic rings. The first-order chi connectivity index (χ1) is 28.9. The summed E-state index contributed by atoms with van der Waals surface area (Å²) in [6, 6.07) is 5.46. The molecule has 2 aromatic heterocycles. The van der Waals surface area contributed by atoms with Gasteiger partial charge in [0.05, 0.1) is 22.1 Å². The molecule has 0 bridgehead atoms. The van der Waals surface area contributed by atoms with Gasteiger partial charge in [-0.1, -0.05) is 19.4 Å². The number of imidazole rings is 1. The summed E-state index contributed by atoms with van der Waals surface area (Å²) < 4.78 is 30.0. The van der Waals surface area contributed by atoms with Crippen molar-refractivity contribution in [2.75, 3.05) is 74.0 Å². The molecule has 3 amide bonds. The molecule has 4 atom stereocenters. The lowest BCUT2D eigenvalue weighted by Gasteiger charge is -2.42. The van der Waals surface area contributed by atoms with Crippen LogP contribution in [0.4, 0.5) is 17.5 Å². The van der Waals surface area contributed by atoms with Crippen molar-refractivity contribution in [3.63, 3.8) is 0 Å². The SMILES string of the molecule is CC1CCCC1N1C(=O)C2(CC2)c2cnc(NC3CCN(S(=N)(=O)N4CCN(CC5CCN(c6cccc7c6n(C)c(=O)n7C6CCC(=O)NC6=O)CC5)CC4)CC3)nc21. The van der Waals surface area contributed by atoms with E-state index in [2.05, 4.69) is 32.3 Å². The zero-order chi connectivity index (χ0) is 41.5. The lowest BCUT2D eigenvalue weighted by molar-refractivity contribution is -0.135. The molecule has 2 aliphatic carbocycles. The zero-order valence-electron chi connectivity index (χ0n) is 34.8. The third-order valence-electron chi connectivity index (χ3n) is 14.9. The van der Waals surface area contributed by atoms with Gasteiger partial charge in [0.25, 0.3) is 0 Å². The van der Waals surface area contributed by atoms with Gasteiger partial charge < -0.3 is 15.1 Å². The number of hydrogen-bond acceptors (Lipinski definition) is 11. The summed E-state index contributed by atoms with van der Waals surface area (Å²) >= 11 is 0. The maximum absolute atomic E-state index is 14.1. The molecule has 0 radical (unpaired) electrons. The molecule has 60 heavy (non-hydrogen) atoms. The number of hydrogen-bond donors (Lipinski definition) is 3. The van der Waals surface area contributed by atoms with E-state index < -0.39 is 27.5 Å². The number of piperazine rings is 1. The highest BCUT2D eigenvalue weighted by Crippen LogP contribution is 2.58. The number of amides is 3. The highest BCUT2D eigenvalue weighted by molar-refractivity contribution is 7.87. The number of nitrogens with one attached hydrogen (secondary N) is 3. The maximum Gasteiger partial charge on any atom is 0.329 e. The first-order valence-electron chi connectivity index (χ1n) is 22.2. The van der Waals surface area contributed by atoms with Gasteiger partial charge in [-0.05, 0) is 81.8 Å². The molecule has 5 aliphatic heterocycles. The monoisotopic (exact) mass is 842 g/mol. The van der Waals surface area contributed by atoms with Crippen LogP contribution in [0.15, 0.2) is 29.2 Å². The number of carbonyl (C=O) groups excluding carboxylic acids is 3. The van der Waals surface area contributed by atoms with Crippen LogP contribution >= 0.6 is 0 Å². The summed E-state index contributed by atoms with van der Waals surface area (Å²) in [4.78, 5) is 68.1. The number of para-hydroxylation sites is 1. The van der Waals surface area contributed by atoms with Gasteiger partial charge in [0, 0.05) is 96.2 Å². The summed E-state index contributed by atoms with van der Waals surface area (Å²) in [5, 5.41) is 5.92. The van der Waals surface area contributed by atoms with Crippen molar-refractivity contribution >= 4 is 56.3 Å². The Hall–Kier alpha value is -4.39. The fourth-order valence-corrected chi connectivity index (χ4v) is 12.9. The van der Waals surface area contributed by atoms with Crippen molar-refractivity contribution < 1.29 is 18.6 Å². The highest BCUT2D eigenvalue weighted by atomic mass is 32.2. The van der Waals surface area contributed by atoms with Gasteiger partial charge in [-0.3, -0.25) is 33.7 Å². The third-order valence-corrected chi connectivity index (χ3v) is 17.1. The second kappa shape index (κ2) is 15.2. The molecule has 3 N–H and O–H groups in total. The van der Waals surface area contributed by atoms with E-state index in [0.29, 0.717) is 55.9 Å². The molecule has 10 rings (SSSR count). The molecule has 322 valence electrons. The van der Waals surface area contributed by atoms with Gasteiger partial charge in [0.1, 0.15) is 11.9 Å². The molecule has 4 unspecified atom stereocenters. The van der Waals surface area contributed by atoms with Gasteiger partial charge in [-0.15, -0.1) is 0 Å². The average molecular weight is 843 g/mol. The topological polar surface area (TPSA) is 185 Å². The minimum absolute atomic E-state index is 0.0994. The van der Waals surface area contributed by atoms with Crippen LogP contribution in [0.5, 0.6) is 0 Å². The lowest BCUT2D eigenvalue weighted by Crippen LogP contribution is -2.55. The average Bonchev–Trinajstić information content (AvgIpc) is 3.82. The molecule has 7 heterocycles. The van der Waals surface area contributed by atoms with E-state index in [0.717, 1.165) is 113 Å². The van der Waals surface area contributed by atoms with Crippen LogP contribution in [0.25, 0.3) is 11.0 Å². The van der Waals surface area contributed by atoms with Gasteiger partial charge >= 0.3 is 5.69 Å². The highest BCUT2D eigenvalue weighted by Gasteiger charge is 2.62. The molecule has 1 aromatic carbocycles. The summed E-state index contributed by atoms with van der Waals surface area (Å²) in [5.41, 5.74) is 2.83. The van der Waals surface area contributed by atoms with Gasteiger partial charge in [-0.25, -0.2) is 27.4 Å². The van der Waals surface area contributed by atoms with E-state index in [1.807, 2.05) is 37.9 Å². The van der Waals surface area contributed by atoms with E-state index in [1.54, 1.807) is 16.2 Å². The van der Waals surface area contributed by atoms with Crippen molar-refractivity contribution in [1.82, 2.24) is 37.9 Å². The molecule has 18 heteroatoms. The van der Waals surface area contributed by atoms with E-state index in [-0.39, 0.29) is 36.0 Å². The molecule has 4 saturated heterocycles. The Morgan fingerprint density at radius 2 is 1.65 bits per heavy atom. The number of piperidine rings is 3. The Morgan fingerprint density at radius 1 is 0.917 bits per heavy atom. The standard InChI is InChI=1S/C42H58N12O5S/c1-27-5-3-6-31(27)54-37-30(42(15-16-42)39(54)57)25-44-40(47-37)45-29-13-19-51(20-14-29)60(43,59)52-23-21-49(22-24-52)26-28-11-17-50(18-12-28)32-7-4-8-33-36(32)48(2)41(58)53(33)34-9-10-35(55)46-38(34)56/h4,7-8,25,27-29,31,34,43H,3,5-6,9-24,26H2,1-2H3,(H,44,45,47)(H,46,55,56). The van der Waals surface area contributed by atoms with Crippen LogP contribution in [-0.4, -0.2) is 126 Å². The first kappa shape index (κ1) is 39.7. The van der Waals surface area contributed by atoms with Crippen LogP contribution in [0, 0.1) is 16.6 Å². The van der Waals surface area contributed by atoms with Crippen LogP contribution < -0.4 is 26.1 Å². The summed E-state index contributed by atoms with van der Waals surface area (Å²) in [6.07, 6.45) is 10.9. The van der Waals surface area contributed by atoms with Crippen LogP contribution in [0.2, 0.25) is 0 Å². The number of carbonyl (C=O) groups is 3. The largest absolute Gasteiger partial charge is 0.370 e. The predicted octanol–water partition coefficient (Wildman–Crippen LogP) is 2.96. The number of aryl methyl sites for hydroxylation is 1. The van der Waals surface area contributed by atoms with Crippen molar-refractivity contribution in [2.24, 2.45) is 18.9 Å². The second-order valence-corrected chi connectivity index (χ2v) is 20.5. The number of nitrogens with zero attached hydrogens (tertiary/aromatic N) is 9. The zero-order valence-corrected chi connectivity index (χ0v) is 35.6. The quantitative estimate of drug-likeness (QED) is 0.271. The number of fused-ring (bicyclic) bond motifs is 3.